The van der Waals surface area contributed by atoms with Crippen molar-refractivity contribution in [3.8, 4) is 0 Å². The maximum Gasteiger partial charge on any atom is 0.00983 e. The molecular weight excluding hydrogens is 206 g/mol. The van der Waals surface area contributed by atoms with E-state index in [-0.39, 0.29) is 0 Å². The normalized spacial score (nSPS) is 37.9. The second-order valence-corrected chi connectivity index (χ2v) is 6.21. The van der Waals surface area contributed by atoms with Gasteiger partial charge in [0.25, 0.3) is 0 Å². The van der Waals surface area contributed by atoms with Gasteiger partial charge < -0.3 is 5.32 Å². The number of fused-ring (bicyclic) bond motifs is 2. The van der Waals surface area contributed by atoms with Gasteiger partial charge in [-0.15, -0.1) is 0 Å². The van der Waals surface area contributed by atoms with E-state index in [1.54, 1.807) is 11.1 Å². The van der Waals surface area contributed by atoms with Crippen LogP contribution in [0.3, 0.4) is 0 Å². The Labute approximate surface area is 104 Å². The van der Waals surface area contributed by atoms with Gasteiger partial charge in [0, 0.05) is 18.5 Å². The van der Waals surface area contributed by atoms with Crippen LogP contribution in [0.2, 0.25) is 0 Å². The van der Waals surface area contributed by atoms with Crippen molar-refractivity contribution in [2.24, 2.45) is 11.8 Å². The van der Waals surface area contributed by atoms with Crippen LogP contribution in [0.25, 0.3) is 0 Å². The molecule has 4 unspecified atom stereocenters. The highest BCUT2D eigenvalue weighted by atomic mass is 14.9. The number of benzene rings is 1. The molecule has 90 valence electrons. The summed E-state index contributed by atoms with van der Waals surface area (Å²) >= 11 is 0. The van der Waals surface area contributed by atoms with Crippen LogP contribution < -0.4 is 5.32 Å². The van der Waals surface area contributed by atoms with Gasteiger partial charge in [-0.2, -0.15) is 0 Å². The number of hydrogen-bond donors (Lipinski definition) is 1. The summed E-state index contributed by atoms with van der Waals surface area (Å²) in [5.74, 6) is 2.93. The summed E-state index contributed by atoms with van der Waals surface area (Å²) in [4.78, 5) is 0. The number of nitrogens with one attached hydrogen (secondary N) is 1. The molecule has 4 atom stereocenters. The van der Waals surface area contributed by atoms with Crippen LogP contribution in [0, 0.1) is 11.8 Å². The minimum atomic E-state index is 0.797. The second-order valence-electron chi connectivity index (χ2n) is 6.21. The standard InChI is InChI=1S/C16H21N/c1-2-6-14-11(4-1)8-13(14)10-17-16-7-3-5-12-9-15(12)16/h1-2,4,6,12-13,15-17H,3,5,7-10H2. The van der Waals surface area contributed by atoms with Crippen molar-refractivity contribution in [1.29, 1.82) is 0 Å². The van der Waals surface area contributed by atoms with Crippen LogP contribution in [0.4, 0.5) is 0 Å². The summed E-state index contributed by atoms with van der Waals surface area (Å²) in [6, 6.07) is 9.79. The SMILES string of the molecule is c1ccc2c(c1)CC2CNC1CCCC2CC21. The maximum atomic E-state index is 3.86. The van der Waals surface area contributed by atoms with Crippen LogP contribution in [0.15, 0.2) is 24.3 Å². The quantitative estimate of drug-likeness (QED) is 0.836. The fourth-order valence-electron chi connectivity index (χ4n) is 4.00. The fourth-order valence-corrected chi connectivity index (χ4v) is 4.00. The lowest BCUT2D eigenvalue weighted by molar-refractivity contribution is 0.341. The molecule has 0 radical (unpaired) electrons. The Balaban J connectivity index is 1.35. The van der Waals surface area contributed by atoms with Gasteiger partial charge in [0.2, 0.25) is 0 Å². The average molecular weight is 227 g/mol. The lowest BCUT2D eigenvalue weighted by atomic mass is 9.77. The zero-order chi connectivity index (χ0) is 11.2. The lowest BCUT2D eigenvalue weighted by Crippen LogP contribution is -2.38. The molecule has 1 aromatic carbocycles. The molecule has 2 fully saturated rings. The van der Waals surface area contributed by atoms with Crippen LogP contribution in [-0.2, 0) is 6.42 Å². The smallest absolute Gasteiger partial charge is 0.00983 e. The summed E-state index contributed by atoms with van der Waals surface area (Å²) in [7, 11) is 0. The van der Waals surface area contributed by atoms with E-state index >= 15 is 0 Å². The topological polar surface area (TPSA) is 12.0 Å². The highest BCUT2D eigenvalue weighted by Crippen LogP contribution is 2.49. The van der Waals surface area contributed by atoms with E-state index in [0.29, 0.717) is 0 Å². The zero-order valence-corrected chi connectivity index (χ0v) is 10.4. The van der Waals surface area contributed by atoms with E-state index in [0.717, 1.165) is 23.8 Å². The minimum absolute atomic E-state index is 0.797. The molecule has 4 rings (SSSR count). The predicted molar refractivity (Wildman–Crippen MR) is 70.1 cm³/mol. The van der Waals surface area contributed by atoms with Crippen LogP contribution >= 0.6 is 0 Å². The van der Waals surface area contributed by atoms with Crippen molar-refractivity contribution in [3.63, 3.8) is 0 Å². The molecule has 1 heteroatoms. The van der Waals surface area contributed by atoms with Gasteiger partial charge in [0.15, 0.2) is 0 Å². The van der Waals surface area contributed by atoms with Gasteiger partial charge in [-0.1, -0.05) is 37.1 Å². The van der Waals surface area contributed by atoms with Gasteiger partial charge >= 0.3 is 0 Å². The number of hydrogen-bond acceptors (Lipinski definition) is 1. The molecule has 0 saturated heterocycles. The van der Waals surface area contributed by atoms with E-state index < -0.39 is 0 Å². The molecule has 1 aromatic rings. The molecule has 0 aromatic heterocycles. The first-order chi connectivity index (χ1) is 8.42. The van der Waals surface area contributed by atoms with Crippen molar-refractivity contribution in [2.75, 3.05) is 6.54 Å². The van der Waals surface area contributed by atoms with Crippen LogP contribution in [-0.4, -0.2) is 12.6 Å². The molecule has 1 N–H and O–H groups in total. The Morgan fingerprint density at radius 1 is 1.18 bits per heavy atom. The van der Waals surface area contributed by atoms with E-state index in [1.165, 1.54) is 38.6 Å². The van der Waals surface area contributed by atoms with Gasteiger partial charge in [-0.05, 0) is 42.2 Å². The van der Waals surface area contributed by atoms with Crippen LogP contribution in [0.5, 0.6) is 0 Å². The fraction of sp³-hybridized carbons (Fsp3) is 0.625. The number of rotatable bonds is 3. The van der Waals surface area contributed by atoms with Gasteiger partial charge in [-0.25, -0.2) is 0 Å². The largest absolute Gasteiger partial charge is 0.313 e. The summed E-state index contributed by atoms with van der Waals surface area (Å²) < 4.78 is 0. The molecule has 0 heterocycles. The van der Waals surface area contributed by atoms with E-state index in [9.17, 15) is 0 Å². The predicted octanol–water partition coefficient (Wildman–Crippen LogP) is 3.10. The average Bonchev–Trinajstić information content (AvgIpc) is 3.10. The summed E-state index contributed by atoms with van der Waals surface area (Å²) in [5.41, 5.74) is 3.18. The van der Waals surface area contributed by atoms with E-state index in [2.05, 4.69) is 29.6 Å². The third-order valence-electron chi connectivity index (χ3n) is 5.17. The molecule has 0 amide bonds. The first kappa shape index (κ1) is 10.1. The van der Waals surface area contributed by atoms with Crippen molar-refractivity contribution in [3.05, 3.63) is 35.4 Å². The molecule has 1 nitrogen and oxygen atoms in total. The molecule has 0 bridgehead atoms. The van der Waals surface area contributed by atoms with Crippen molar-refractivity contribution in [1.82, 2.24) is 5.32 Å². The Bertz CT molecular complexity index is 425. The Kier molecular flexibility index (Phi) is 2.29. The molecule has 0 aliphatic heterocycles. The van der Waals surface area contributed by atoms with Gasteiger partial charge in [0.05, 0.1) is 0 Å². The van der Waals surface area contributed by atoms with Crippen molar-refractivity contribution >= 4 is 0 Å². The Morgan fingerprint density at radius 2 is 2.12 bits per heavy atom. The Morgan fingerprint density at radius 3 is 3.06 bits per heavy atom. The Hall–Kier alpha value is -0.820. The molecular formula is C16H21N. The van der Waals surface area contributed by atoms with Crippen LogP contribution in [0.1, 0.15) is 42.7 Å². The summed E-state index contributed by atoms with van der Waals surface area (Å²) in [6.07, 6.45) is 7.20. The second kappa shape index (κ2) is 3.84. The molecule has 3 aliphatic carbocycles. The van der Waals surface area contributed by atoms with Crippen molar-refractivity contribution in [2.45, 2.75) is 44.1 Å². The highest BCUT2D eigenvalue weighted by molar-refractivity contribution is 5.40. The third kappa shape index (κ3) is 1.72. The van der Waals surface area contributed by atoms with E-state index in [1.807, 2.05) is 0 Å². The molecule has 0 spiro atoms. The van der Waals surface area contributed by atoms with Crippen molar-refractivity contribution < 1.29 is 0 Å². The zero-order valence-electron chi connectivity index (χ0n) is 10.4. The third-order valence-corrected chi connectivity index (χ3v) is 5.17. The molecule has 17 heavy (non-hydrogen) atoms. The van der Waals surface area contributed by atoms with Gasteiger partial charge in [-0.3, -0.25) is 0 Å². The van der Waals surface area contributed by atoms with E-state index in [4.69, 9.17) is 0 Å². The molecule has 2 saturated carbocycles. The monoisotopic (exact) mass is 227 g/mol. The molecule has 3 aliphatic rings. The first-order valence-electron chi connectivity index (χ1n) is 7.23. The maximum absolute atomic E-state index is 3.86. The minimum Gasteiger partial charge on any atom is -0.313 e. The van der Waals surface area contributed by atoms with Gasteiger partial charge in [0.1, 0.15) is 0 Å². The lowest BCUT2D eigenvalue weighted by Gasteiger charge is -2.32. The first-order valence-corrected chi connectivity index (χ1v) is 7.23. The highest BCUT2D eigenvalue weighted by Gasteiger charge is 2.45. The summed E-state index contributed by atoms with van der Waals surface area (Å²) in [5, 5.41) is 3.86. The summed E-state index contributed by atoms with van der Waals surface area (Å²) in [6.45, 7) is 1.21.